The molecule has 6 nitrogen and oxygen atoms in total. The van der Waals surface area contributed by atoms with Gasteiger partial charge in [0.05, 0.1) is 29.2 Å². The summed E-state index contributed by atoms with van der Waals surface area (Å²) in [4.78, 5) is 31.0. The molecule has 2 aliphatic rings. The summed E-state index contributed by atoms with van der Waals surface area (Å²) in [5.74, 6) is -1.93. The van der Waals surface area contributed by atoms with Crippen LogP contribution in [0, 0.1) is 17.6 Å². The van der Waals surface area contributed by atoms with Crippen molar-refractivity contribution >= 4 is 23.6 Å². The van der Waals surface area contributed by atoms with Gasteiger partial charge in [0.15, 0.2) is 0 Å². The number of carbonyl (C=O) groups is 2. The molecule has 0 radical (unpaired) electrons. The maximum absolute atomic E-state index is 15.0. The Labute approximate surface area is 217 Å². The standard InChI is InChI=1S/C29H35F2N3O3/c1-17(2)33-29(36)23-15-24(30)22(14-25(23)31)26-13-20-6-5-11-34(27(20)16-32-26)21-9-7-19(8-10-21)12-28(35)37-18(3)4/h5-6,13-19,21H,7-12H2,1-4H3,(H,33,36). The van der Waals surface area contributed by atoms with Crippen LogP contribution in [0.3, 0.4) is 0 Å². The van der Waals surface area contributed by atoms with E-state index in [9.17, 15) is 18.4 Å². The van der Waals surface area contributed by atoms with Gasteiger partial charge in [-0.05, 0) is 77.5 Å². The van der Waals surface area contributed by atoms with Crippen LogP contribution in [0.4, 0.5) is 14.5 Å². The van der Waals surface area contributed by atoms with Gasteiger partial charge < -0.3 is 15.0 Å². The minimum absolute atomic E-state index is 0.0145. The highest BCUT2D eigenvalue weighted by molar-refractivity contribution is 5.95. The van der Waals surface area contributed by atoms with Crippen molar-refractivity contribution in [3.05, 3.63) is 53.2 Å². The highest BCUT2D eigenvalue weighted by Gasteiger charge is 2.29. The van der Waals surface area contributed by atoms with E-state index in [4.69, 9.17) is 4.74 Å². The first-order valence-electron chi connectivity index (χ1n) is 13.0. The number of pyridine rings is 1. The molecule has 0 bridgehead atoms. The number of nitrogens with zero attached hydrogens (tertiary/aromatic N) is 2. The van der Waals surface area contributed by atoms with Crippen LogP contribution in [0.15, 0.2) is 30.5 Å². The SMILES string of the molecule is CC(C)NC(=O)c1cc(F)c(-c2cc3c(cn2)N(C2CCC(CC(=O)OC(C)C)CC2)CC=C3)cc1F. The number of nitrogens with one attached hydrogen (secondary N) is 1. The number of halogens is 2. The number of esters is 1. The summed E-state index contributed by atoms with van der Waals surface area (Å²) in [6.45, 7) is 7.99. The molecule has 1 aromatic carbocycles. The monoisotopic (exact) mass is 511 g/mol. The van der Waals surface area contributed by atoms with E-state index in [1.165, 1.54) is 0 Å². The first-order valence-corrected chi connectivity index (χ1v) is 13.0. The molecule has 198 valence electrons. The molecule has 0 spiro atoms. The molecule has 1 amide bonds. The molecule has 0 unspecified atom stereocenters. The fourth-order valence-electron chi connectivity index (χ4n) is 5.19. The number of anilines is 1. The van der Waals surface area contributed by atoms with Gasteiger partial charge in [-0.2, -0.15) is 0 Å². The lowest BCUT2D eigenvalue weighted by Gasteiger charge is -2.39. The first-order chi connectivity index (χ1) is 17.6. The van der Waals surface area contributed by atoms with E-state index in [2.05, 4.69) is 21.3 Å². The second kappa shape index (κ2) is 11.4. The number of benzene rings is 1. The summed E-state index contributed by atoms with van der Waals surface area (Å²) in [6, 6.07) is 3.86. The molecule has 0 saturated heterocycles. The van der Waals surface area contributed by atoms with Crippen LogP contribution in [0.2, 0.25) is 0 Å². The van der Waals surface area contributed by atoms with Crippen molar-refractivity contribution in [3.63, 3.8) is 0 Å². The quantitative estimate of drug-likeness (QED) is 0.469. The normalized spacial score (nSPS) is 19.2. The number of fused-ring (bicyclic) bond motifs is 1. The zero-order valence-corrected chi connectivity index (χ0v) is 21.9. The van der Waals surface area contributed by atoms with Crippen molar-refractivity contribution < 1.29 is 23.1 Å². The summed E-state index contributed by atoms with van der Waals surface area (Å²) in [5, 5.41) is 2.58. The maximum Gasteiger partial charge on any atom is 0.306 e. The fourth-order valence-corrected chi connectivity index (χ4v) is 5.19. The molecule has 1 N–H and O–H groups in total. The Hall–Kier alpha value is -3.29. The minimum atomic E-state index is -0.791. The second-order valence-corrected chi connectivity index (χ2v) is 10.5. The average Bonchev–Trinajstić information content (AvgIpc) is 2.84. The third-order valence-electron chi connectivity index (χ3n) is 6.90. The van der Waals surface area contributed by atoms with Crippen molar-refractivity contribution in [1.29, 1.82) is 0 Å². The Morgan fingerprint density at radius 1 is 1.08 bits per heavy atom. The third-order valence-corrected chi connectivity index (χ3v) is 6.90. The van der Waals surface area contributed by atoms with Crippen molar-refractivity contribution in [2.75, 3.05) is 11.4 Å². The highest BCUT2D eigenvalue weighted by atomic mass is 19.1. The van der Waals surface area contributed by atoms with E-state index in [0.29, 0.717) is 24.1 Å². The molecule has 2 heterocycles. The van der Waals surface area contributed by atoms with Gasteiger partial charge >= 0.3 is 5.97 Å². The Morgan fingerprint density at radius 3 is 2.49 bits per heavy atom. The van der Waals surface area contributed by atoms with Crippen molar-refractivity contribution in [3.8, 4) is 11.3 Å². The van der Waals surface area contributed by atoms with Gasteiger partial charge in [-0.1, -0.05) is 12.2 Å². The fraction of sp³-hybridized carbons (Fsp3) is 0.483. The molecule has 1 aliphatic carbocycles. The van der Waals surface area contributed by atoms with E-state index < -0.39 is 17.5 Å². The lowest BCUT2D eigenvalue weighted by atomic mass is 9.83. The van der Waals surface area contributed by atoms with Crippen LogP contribution in [0.1, 0.15) is 75.7 Å². The number of amides is 1. The number of carbonyl (C=O) groups excluding carboxylic acids is 2. The summed E-state index contributed by atoms with van der Waals surface area (Å²) in [7, 11) is 0. The van der Waals surface area contributed by atoms with Crippen LogP contribution in [-0.2, 0) is 9.53 Å². The number of rotatable bonds is 7. The van der Waals surface area contributed by atoms with Gasteiger partial charge in [-0.3, -0.25) is 14.6 Å². The van der Waals surface area contributed by atoms with Crippen LogP contribution in [-0.4, -0.2) is 41.6 Å². The first kappa shape index (κ1) is 26.8. The van der Waals surface area contributed by atoms with Crippen molar-refractivity contribution in [1.82, 2.24) is 10.3 Å². The van der Waals surface area contributed by atoms with Gasteiger partial charge in [0.2, 0.25) is 0 Å². The summed E-state index contributed by atoms with van der Waals surface area (Å²) in [6.07, 6.45) is 9.98. The van der Waals surface area contributed by atoms with Crippen LogP contribution in [0.25, 0.3) is 17.3 Å². The number of aromatic nitrogens is 1. The molecule has 8 heteroatoms. The molecule has 1 aromatic heterocycles. The predicted octanol–water partition coefficient (Wildman–Crippen LogP) is 5.90. The zero-order valence-electron chi connectivity index (χ0n) is 21.9. The van der Waals surface area contributed by atoms with Gasteiger partial charge in [-0.25, -0.2) is 8.78 Å². The summed E-state index contributed by atoms with van der Waals surface area (Å²) in [5.41, 5.74) is 1.85. The molecule has 37 heavy (non-hydrogen) atoms. The Morgan fingerprint density at radius 2 is 1.81 bits per heavy atom. The number of hydrogen-bond acceptors (Lipinski definition) is 5. The lowest BCUT2D eigenvalue weighted by Crippen LogP contribution is -2.40. The highest BCUT2D eigenvalue weighted by Crippen LogP contribution is 2.37. The molecule has 1 fully saturated rings. The Kier molecular flexibility index (Phi) is 8.25. The second-order valence-electron chi connectivity index (χ2n) is 10.5. The Balaban J connectivity index is 1.48. The van der Waals surface area contributed by atoms with Crippen molar-refractivity contribution in [2.45, 2.75) is 78.0 Å². The predicted molar refractivity (Wildman–Crippen MR) is 140 cm³/mol. The van der Waals surface area contributed by atoms with Crippen LogP contribution < -0.4 is 10.2 Å². The molecule has 2 aromatic rings. The van der Waals surface area contributed by atoms with E-state index in [0.717, 1.165) is 55.6 Å². The van der Waals surface area contributed by atoms with Crippen LogP contribution in [0.5, 0.6) is 0 Å². The molecular weight excluding hydrogens is 476 g/mol. The van der Waals surface area contributed by atoms with Crippen molar-refractivity contribution in [2.24, 2.45) is 5.92 Å². The van der Waals surface area contributed by atoms with E-state index in [1.807, 2.05) is 19.9 Å². The lowest BCUT2D eigenvalue weighted by molar-refractivity contribution is -0.148. The zero-order chi connectivity index (χ0) is 26.7. The largest absolute Gasteiger partial charge is 0.463 e. The summed E-state index contributed by atoms with van der Waals surface area (Å²) < 4.78 is 35.0. The maximum atomic E-state index is 15.0. The molecule has 4 rings (SSSR count). The summed E-state index contributed by atoms with van der Waals surface area (Å²) >= 11 is 0. The third kappa shape index (κ3) is 6.35. The van der Waals surface area contributed by atoms with E-state index in [-0.39, 0.29) is 29.2 Å². The molecule has 1 aliphatic heterocycles. The van der Waals surface area contributed by atoms with E-state index >= 15 is 0 Å². The van der Waals surface area contributed by atoms with E-state index in [1.54, 1.807) is 26.1 Å². The smallest absolute Gasteiger partial charge is 0.306 e. The number of hydrogen-bond donors (Lipinski definition) is 1. The van der Waals surface area contributed by atoms with Gasteiger partial charge in [0.25, 0.3) is 5.91 Å². The molecule has 1 saturated carbocycles. The van der Waals surface area contributed by atoms with Crippen LogP contribution >= 0.6 is 0 Å². The number of ether oxygens (including phenoxy) is 1. The average molecular weight is 512 g/mol. The topological polar surface area (TPSA) is 71.5 Å². The minimum Gasteiger partial charge on any atom is -0.463 e. The van der Waals surface area contributed by atoms with Gasteiger partial charge in [0, 0.05) is 36.2 Å². The molecular formula is C29H35F2N3O3. The van der Waals surface area contributed by atoms with Gasteiger partial charge in [0.1, 0.15) is 11.6 Å². The Bertz CT molecular complexity index is 1190. The molecule has 0 atom stereocenters. The van der Waals surface area contributed by atoms with Gasteiger partial charge in [-0.15, -0.1) is 0 Å².